The fourth-order valence-corrected chi connectivity index (χ4v) is 7.24. The first-order chi connectivity index (χ1) is 13.2. The number of ether oxygens (including phenoxy) is 1. The molecule has 0 radical (unpaired) electrons. The van der Waals surface area contributed by atoms with E-state index >= 15 is 0 Å². The number of nitro groups is 1. The average Bonchev–Trinajstić information content (AvgIpc) is 2.60. The van der Waals surface area contributed by atoms with Crippen LogP contribution in [0.4, 0.5) is 10.5 Å². The molecule has 6 nitrogen and oxygen atoms in total. The largest absolute Gasteiger partial charge is 0.450 e. The molecule has 0 aromatic heterocycles. The van der Waals surface area contributed by atoms with Crippen LogP contribution in [0.15, 0.2) is 30.9 Å². The molecule has 4 atom stereocenters. The second-order valence-electron chi connectivity index (χ2n) is 9.04. The smallest absolute Gasteiger partial charge is 0.410 e. The monoisotopic (exact) mass is 402 g/mol. The molecule has 28 heavy (non-hydrogen) atoms. The summed E-state index contributed by atoms with van der Waals surface area (Å²) in [5.41, 5.74) is 1.93. The molecule has 152 valence electrons. The summed E-state index contributed by atoms with van der Waals surface area (Å²) in [6, 6.07) is 6.04. The van der Waals surface area contributed by atoms with Crippen molar-refractivity contribution in [3.05, 3.63) is 52.1 Å². The van der Waals surface area contributed by atoms with E-state index in [1.54, 1.807) is 19.1 Å². The van der Waals surface area contributed by atoms with Crippen LogP contribution in [0, 0.1) is 16.0 Å². The van der Waals surface area contributed by atoms with Crippen molar-refractivity contribution in [1.29, 1.82) is 0 Å². The predicted molar refractivity (Wildman–Crippen MR) is 112 cm³/mol. The molecule has 1 fully saturated rings. The molecule has 2 bridgehead atoms. The summed E-state index contributed by atoms with van der Waals surface area (Å²) in [7, 11) is -1.40. The van der Waals surface area contributed by atoms with E-state index in [0.29, 0.717) is 18.9 Å². The maximum atomic E-state index is 12.8. The highest BCUT2D eigenvalue weighted by Crippen LogP contribution is 2.58. The lowest BCUT2D eigenvalue weighted by molar-refractivity contribution is -0.386. The van der Waals surface area contributed by atoms with Gasteiger partial charge in [-0.1, -0.05) is 43.9 Å². The zero-order valence-corrected chi connectivity index (χ0v) is 18.2. The molecule has 1 aromatic carbocycles. The van der Waals surface area contributed by atoms with Gasteiger partial charge in [0.15, 0.2) is 0 Å². The van der Waals surface area contributed by atoms with Gasteiger partial charge in [0.25, 0.3) is 5.69 Å². The number of rotatable bonds is 6. The number of fused-ring (bicyclic) bond motifs is 2. The fraction of sp³-hybridized carbons (Fsp3) is 0.571. The third-order valence-corrected chi connectivity index (χ3v) is 7.66. The van der Waals surface area contributed by atoms with Crippen LogP contribution in [0.1, 0.15) is 42.9 Å². The van der Waals surface area contributed by atoms with E-state index in [1.807, 2.05) is 17.0 Å². The summed E-state index contributed by atoms with van der Waals surface area (Å²) in [6.07, 6.45) is 2.94. The van der Waals surface area contributed by atoms with Crippen LogP contribution in [-0.4, -0.2) is 36.6 Å². The minimum Gasteiger partial charge on any atom is -0.450 e. The Morgan fingerprint density at radius 2 is 2.14 bits per heavy atom. The van der Waals surface area contributed by atoms with Gasteiger partial charge >= 0.3 is 6.09 Å². The topological polar surface area (TPSA) is 72.7 Å². The Bertz CT molecular complexity index is 789. The van der Waals surface area contributed by atoms with E-state index in [9.17, 15) is 14.9 Å². The molecule has 0 saturated carbocycles. The number of amides is 1. The van der Waals surface area contributed by atoms with Gasteiger partial charge in [0, 0.05) is 31.7 Å². The number of hydrogen-bond donors (Lipinski definition) is 0. The molecule has 0 N–H and O–H groups in total. The number of piperidine rings is 1. The van der Waals surface area contributed by atoms with Gasteiger partial charge in [0.05, 0.1) is 17.6 Å². The fourth-order valence-electron chi connectivity index (χ4n) is 5.24. The summed E-state index contributed by atoms with van der Waals surface area (Å²) in [6.45, 7) is 13.0. The maximum absolute atomic E-state index is 12.8. The number of carbonyl (C=O) groups is 1. The maximum Gasteiger partial charge on any atom is 0.410 e. The van der Waals surface area contributed by atoms with Gasteiger partial charge in [0.1, 0.15) is 0 Å². The van der Waals surface area contributed by atoms with Gasteiger partial charge < -0.3 is 4.74 Å². The van der Waals surface area contributed by atoms with Crippen molar-refractivity contribution in [3.63, 3.8) is 0 Å². The molecule has 1 aliphatic carbocycles. The molecule has 1 aromatic rings. The Morgan fingerprint density at radius 3 is 2.71 bits per heavy atom. The summed E-state index contributed by atoms with van der Waals surface area (Å²) in [5, 5.41) is 11.8. The van der Waals surface area contributed by atoms with Crippen LogP contribution in [-0.2, 0) is 4.74 Å². The number of carbonyl (C=O) groups excluding carboxylic acids is 1. The van der Waals surface area contributed by atoms with Gasteiger partial charge in [0.2, 0.25) is 0 Å². The van der Waals surface area contributed by atoms with Crippen molar-refractivity contribution in [2.75, 3.05) is 6.61 Å². The molecule has 0 spiro atoms. The predicted octanol–water partition coefficient (Wildman–Crippen LogP) is 5.49. The van der Waals surface area contributed by atoms with Gasteiger partial charge in [-0.15, -0.1) is 6.58 Å². The Labute approximate surface area is 167 Å². The first-order valence-electron chi connectivity index (χ1n) is 10.0. The Balaban J connectivity index is 2.17. The number of nitro benzene ring substituents is 1. The molecule has 2 heterocycles. The molecule has 1 amide bonds. The van der Waals surface area contributed by atoms with Gasteiger partial charge in [-0.05, 0) is 31.2 Å². The minimum atomic E-state index is -1.40. The van der Waals surface area contributed by atoms with Gasteiger partial charge in [-0.25, -0.2) is 4.79 Å². The van der Waals surface area contributed by atoms with Crippen molar-refractivity contribution < 1.29 is 14.5 Å². The molecule has 3 aliphatic rings. The normalized spacial score (nSPS) is 25.9. The highest BCUT2D eigenvalue weighted by atomic mass is 28.3. The van der Waals surface area contributed by atoms with Crippen LogP contribution in [0.5, 0.6) is 0 Å². The van der Waals surface area contributed by atoms with Crippen molar-refractivity contribution in [2.24, 2.45) is 5.92 Å². The first-order valence-corrected chi connectivity index (χ1v) is 13.7. The highest BCUT2D eigenvalue weighted by Gasteiger charge is 2.54. The Hall–Kier alpha value is -2.15. The second kappa shape index (κ2) is 7.70. The lowest BCUT2D eigenvalue weighted by Crippen LogP contribution is -2.56. The van der Waals surface area contributed by atoms with E-state index in [1.165, 1.54) is 0 Å². The van der Waals surface area contributed by atoms with Gasteiger partial charge in [-0.3, -0.25) is 15.0 Å². The molecule has 1 saturated heterocycles. The van der Waals surface area contributed by atoms with Gasteiger partial charge in [-0.2, -0.15) is 0 Å². The first kappa shape index (κ1) is 20.6. The third kappa shape index (κ3) is 3.59. The quantitative estimate of drug-likeness (QED) is 0.273. The molecule has 7 heteroatoms. The third-order valence-electron chi connectivity index (χ3n) is 5.91. The van der Waals surface area contributed by atoms with E-state index in [2.05, 4.69) is 26.2 Å². The van der Waals surface area contributed by atoms with Crippen LogP contribution in [0.2, 0.25) is 25.7 Å². The zero-order valence-electron chi connectivity index (χ0n) is 17.2. The SMILES string of the molecule is C=CC[C@H]1[C@H]2c3c(cccc3[N+](=O)[O-])[C@H](C[C@@H]2C[Si](C)(C)C)N1C(=O)OCC. The second-order valence-corrected chi connectivity index (χ2v) is 14.6. The molecule has 0 unspecified atom stereocenters. The van der Waals surface area contributed by atoms with Crippen LogP contribution < -0.4 is 0 Å². The van der Waals surface area contributed by atoms with Crippen LogP contribution in [0.25, 0.3) is 0 Å². The Kier molecular flexibility index (Phi) is 5.66. The van der Waals surface area contributed by atoms with Crippen molar-refractivity contribution in [1.82, 2.24) is 4.90 Å². The van der Waals surface area contributed by atoms with Crippen molar-refractivity contribution in [3.8, 4) is 0 Å². The number of nitrogens with zero attached hydrogens (tertiary/aromatic N) is 2. The summed E-state index contributed by atoms with van der Waals surface area (Å²) >= 11 is 0. The lowest BCUT2D eigenvalue weighted by atomic mass is 9.64. The summed E-state index contributed by atoms with van der Waals surface area (Å²) in [5.74, 6) is 0.275. The standard InChI is InChI=1S/C21H30N2O4Si/c1-6-9-16-19-14(13-28(3,4)5)12-18(22(16)21(24)27-7-2)15-10-8-11-17(20(15)19)23(25)26/h6,8,10-11,14,16,18-19H,1,7,9,12-13H2,2-5H3/t14-,16+,18+,19+/m1/s1. The van der Waals surface area contributed by atoms with Crippen LogP contribution in [0.3, 0.4) is 0 Å². The van der Waals surface area contributed by atoms with E-state index in [-0.39, 0.29) is 34.7 Å². The number of benzene rings is 1. The molecular formula is C21H30N2O4Si. The summed E-state index contributed by atoms with van der Waals surface area (Å²) in [4.78, 5) is 26.2. The summed E-state index contributed by atoms with van der Waals surface area (Å²) < 4.78 is 5.37. The zero-order chi connectivity index (χ0) is 20.6. The van der Waals surface area contributed by atoms with Crippen molar-refractivity contribution >= 4 is 19.9 Å². The molecule has 2 aliphatic heterocycles. The van der Waals surface area contributed by atoms with Crippen molar-refractivity contribution in [2.45, 2.75) is 63.5 Å². The number of hydrogen-bond acceptors (Lipinski definition) is 4. The molecular weight excluding hydrogens is 372 g/mol. The van der Waals surface area contributed by atoms with E-state index in [0.717, 1.165) is 23.6 Å². The van der Waals surface area contributed by atoms with E-state index in [4.69, 9.17) is 4.74 Å². The molecule has 4 rings (SSSR count). The van der Waals surface area contributed by atoms with Crippen LogP contribution >= 0.6 is 0 Å². The lowest BCUT2D eigenvalue weighted by Gasteiger charge is -2.55. The van der Waals surface area contributed by atoms with E-state index < -0.39 is 8.07 Å². The highest BCUT2D eigenvalue weighted by molar-refractivity contribution is 6.76. The minimum absolute atomic E-state index is 0.0595. The Morgan fingerprint density at radius 1 is 1.43 bits per heavy atom. The average molecular weight is 403 g/mol.